The summed E-state index contributed by atoms with van der Waals surface area (Å²) in [5.41, 5.74) is 0. The van der Waals surface area contributed by atoms with Gasteiger partial charge in [0.15, 0.2) is 0 Å². The first-order valence-electron chi connectivity index (χ1n) is 6.24. The number of carboxylic acid groups (broad SMARTS) is 1. The van der Waals surface area contributed by atoms with Gasteiger partial charge in [0.25, 0.3) is 0 Å². The Labute approximate surface area is 106 Å². The number of nitrogens with one attached hydrogen (secondary N) is 1. The predicted octanol–water partition coefficient (Wildman–Crippen LogP) is 0.224. The van der Waals surface area contributed by atoms with Crippen LogP contribution in [0.5, 0.6) is 0 Å². The number of rotatable bonds is 4. The maximum atomic E-state index is 11.9. The summed E-state index contributed by atoms with van der Waals surface area (Å²) in [7, 11) is 0. The van der Waals surface area contributed by atoms with Gasteiger partial charge in [0.1, 0.15) is 6.04 Å². The molecule has 0 aromatic heterocycles. The predicted molar refractivity (Wildman–Crippen MR) is 64.8 cm³/mol. The molecule has 1 fully saturated rings. The molecule has 18 heavy (non-hydrogen) atoms. The van der Waals surface area contributed by atoms with Crippen LogP contribution in [0.3, 0.4) is 0 Å². The smallest absolute Gasteiger partial charge is 0.326 e. The van der Waals surface area contributed by atoms with Crippen LogP contribution < -0.4 is 5.32 Å². The Balaban J connectivity index is 2.55. The highest BCUT2D eigenvalue weighted by atomic mass is 16.4. The Morgan fingerprint density at radius 2 is 2.11 bits per heavy atom. The molecule has 6 heteroatoms. The zero-order valence-corrected chi connectivity index (χ0v) is 10.8. The number of piperidine rings is 1. The van der Waals surface area contributed by atoms with Crippen molar-refractivity contribution in [1.82, 2.24) is 10.2 Å². The van der Waals surface area contributed by atoms with Crippen molar-refractivity contribution in [1.29, 1.82) is 0 Å². The lowest BCUT2D eigenvalue weighted by Crippen LogP contribution is -2.48. The van der Waals surface area contributed by atoms with Gasteiger partial charge >= 0.3 is 5.97 Å². The van der Waals surface area contributed by atoms with Gasteiger partial charge in [-0.25, -0.2) is 4.79 Å². The molecule has 0 aromatic carbocycles. The molecular weight excluding hydrogens is 236 g/mol. The van der Waals surface area contributed by atoms with Crippen LogP contribution in [0.4, 0.5) is 0 Å². The van der Waals surface area contributed by atoms with Gasteiger partial charge in [-0.15, -0.1) is 0 Å². The van der Waals surface area contributed by atoms with Gasteiger partial charge in [-0.3, -0.25) is 9.59 Å². The summed E-state index contributed by atoms with van der Waals surface area (Å²) in [6.45, 7) is 4.25. The molecule has 1 saturated heterocycles. The molecule has 0 radical (unpaired) electrons. The van der Waals surface area contributed by atoms with Crippen molar-refractivity contribution in [3.63, 3.8) is 0 Å². The van der Waals surface area contributed by atoms with E-state index in [-0.39, 0.29) is 17.7 Å². The van der Waals surface area contributed by atoms with Gasteiger partial charge in [0.2, 0.25) is 11.8 Å². The normalized spacial score (nSPS) is 21.2. The average molecular weight is 256 g/mol. The molecule has 1 aliphatic rings. The molecule has 0 spiro atoms. The lowest BCUT2D eigenvalue weighted by Gasteiger charge is -2.31. The van der Waals surface area contributed by atoms with Crippen LogP contribution in [0.2, 0.25) is 0 Å². The van der Waals surface area contributed by atoms with Gasteiger partial charge < -0.3 is 15.3 Å². The van der Waals surface area contributed by atoms with E-state index in [1.54, 1.807) is 11.8 Å². The molecule has 2 N–H and O–H groups in total. The molecule has 1 unspecified atom stereocenters. The second-order valence-electron chi connectivity index (χ2n) is 4.61. The van der Waals surface area contributed by atoms with Crippen LogP contribution in [0.1, 0.15) is 33.1 Å². The summed E-state index contributed by atoms with van der Waals surface area (Å²) >= 11 is 0. The minimum atomic E-state index is -1.02. The average Bonchev–Trinajstić information content (AvgIpc) is 2.35. The quantitative estimate of drug-likeness (QED) is 0.753. The highest BCUT2D eigenvalue weighted by molar-refractivity contribution is 5.85. The maximum Gasteiger partial charge on any atom is 0.326 e. The first kappa shape index (κ1) is 14.5. The van der Waals surface area contributed by atoms with Crippen molar-refractivity contribution >= 4 is 17.8 Å². The summed E-state index contributed by atoms with van der Waals surface area (Å²) in [5.74, 6) is -1.63. The van der Waals surface area contributed by atoms with E-state index < -0.39 is 12.0 Å². The third-order valence-corrected chi connectivity index (χ3v) is 3.26. The minimum Gasteiger partial charge on any atom is -0.480 e. The first-order valence-corrected chi connectivity index (χ1v) is 6.24. The zero-order chi connectivity index (χ0) is 13.7. The Morgan fingerprint density at radius 3 is 2.61 bits per heavy atom. The molecule has 2 amide bonds. The van der Waals surface area contributed by atoms with Crippen molar-refractivity contribution in [3.8, 4) is 0 Å². The van der Waals surface area contributed by atoms with Crippen molar-refractivity contribution in [3.05, 3.63) is 0 Å². The fourth-order valence-corrected chi connectivity index (χ4v) is 2.11. The van der Waals surface area contributed by atoms with Gasteiger partial charge in [0, 0.05) is 20.0 Å². The molecule has 1 heterocycles. The summed E-state index contributed by atoms with van der Waals surface area (Å²) in [6, 6.07) is -0.842. The lowest BCUT2D eigenvalue weighted by atomic mass is 9.96. The van der Waals surface area contributed by atoms with E-state index >= 15 is 0 Å². The van der Waals surface area contributed by atoms with Crippen molar-refractivity contribution in [2.24, 2.45) is 5.92 Å². The van der Waals surface area contributed by atoms with E-state index in [9.17, 15) is 14.4 Å². The number of amides is 2. The van der Waals surface area contributed by atoms with Crippen molar-refractivity contribution in [2.75, 3.05) is 13.1 Å². The van der Waals surface area contributed by atoms with Crippen molar-refractivity contribution in [2.45, 2.75) is 39.2 Å². The molecule has 6 nitrogen and oxygen atoms in total. The van der Waals surface area contributed by atoms with Gasteiger partial charge in [-0.2, -0.15) is 0 Å². The summed E-state index contributed by atoms with van der Waals surface area (Å²) in [6.07, 6.45) is 1.83. The van der Waals surface area contributed by atoms with E-state index in [1.807, 2.05) is 0 Å². The summed E-state index contributed by atoms with van der Waals surface area (Å²) < 4.78 is 0. The monoisotopic (exact) mass is 256 g/mol. The molecular formula is C12H20N2O4. The topological polar surface area (TPSA) is 86.7 Å². The number of nitrogens with zero attached hydrogens (tertiary/aromatic N) is 1. The van der Waals surface area contributed by atoms with Crippen LogP contribution in [0.15, 0.2) is 0 Å². The van der Waals surface area contributed by atoms with Crippen LogP contribution in [-0.2, 0) is 14.4 Å². The fraction of sp³-hybridized carbons (Fsp3) is 0.750. The Kier molecular flexibility index (Phi) is 5.12. The second-order valence-corrected chi connectivity index (χ2v) is 4.61. The molecule has 0 aromatic rings. The number of likely N-dealkylation sites (tertiary alicyclic amines) is 1. The number of hydrogen-bond acceptors (Lipinski definition) is 3. The number of carbonyl (C=O) groups is 3. The van der Waals surface area contributed by atoms with Gasteiger partial charge in [-0.05, 0) is 19.3 Å². The Bertz CT molecular complexity index is 343. The summed E-state index contributed by atoms with van der Waals surface area (Å²) in [5, 5.41) is 11.4. The third kappa shape index (κ3) is 3.72. The van der Waals surface area contributed by atoms with Crippen LogP contribution in [0, 0.1) is 5.92 Å². The third-order valence-electron chi connectivity index (χ3n) is 3.26. The molecule has 102 valence electrons. The molecule has 0 aliphatic carbocycles. The van der Waals surface area contributed by atoms with Crippen LogP contribution >= 0.6 is 0 Å². The molecule has 2 atom stereocenters. The van der Waals surface area contributed by atoms with E-state index in [1.165, 1.54) is 6.92 Å². The summed E-state index contributed by atoms with van der Waals surface area (Å²) in [4.78, 5) is 35.7. The number of aliphatic carboxylic acids is 1. The first-order chi connectivity index (χ1) is 8.45. The largest absolute Gasteiger partial charge is 0.480 e. The van der Waals surface area contributed by atoms with E-state index in [0.29, 0.717) is 25.9 Å². The number of carboxylic acids is 1. The molecule has 0 saturated carbocycles. The molecule has 1 rings (SSSR count). The lowest BCUT2D eigenvalue weighted by molar-refractivity contribution is -0.143. The zero-order valence-electron chi connectivity index (χ0n) is 10.8. The van der Waals surface area contributed by atoms with Crippen LogP contribution in [-0.4, -0.2) is 46.9 Å². The second kappa shape index (κ2) is 6.37. The van der Waals surface area contributed by atoms with Crippen LogP contribution in [0.25, 0.3) is 0 Å². The number of carbonyl (C=O) groups excluding carboxylic acids is 2. The molecule has 1 aliphatic heterocycles. The minimum absolute atomic E-state index is 0.0437. The maximum absolute atomic E-state index is 11.9. The SMILES string of the molecule is CC[C@@H](NC(=O)C1CCCN(C(C)=O)C1)C(=O)O. The van der Waals surface area contributed by atoms with E-state index in [2.05, 4.69) is 5.32 Å². The number of hydrogen-bond donors (Lipinski definition) is 2. The highest BCUT2D eigenvalue weighted by Gasteiger charge is 2.29. The standard InChI is InChI=1S/C12H20N2O4/c1-3-10(12(17)18)13-11(16)9-5-4-6-14(7-9)8(2)15/h9-10H,3-7H2,1-2H3,(H,13,16)(H,17,18)/t9?,10-/m1/s1. The van der Waals surface area contributed by atoms with Gasteiger partial charge in [-0.1, -0.05) is 6.92 Å². The Hall–Kier alpha value is -1.59. The van der Waals surface area contributed by atoms with Gasteiger partial charge in [0.05, 0.1) is 5.92 Å². The fourth-order valence-electron chi connectivity index (χ4n) is 2.11. The van der Waals surface area contributed by atoms with Crippen molar-refractivity contribution < 1.29 is 19.5 Å². The van der Waals surface area contributed by atoms with E-state index in [4.69, 9.17) is 5.11 Å². The highest BCUT2D eigenvalue weighted by Crippen LogP contribution is 2.17. The van der Waals surface area contributed by atoms with E-state index in [0.717, 1.165) is 6.42 Å². The molecule has 0 bridgehead atoms. The Morgan fingerprint density at radius 1 is 1.44 bits per heavy atom.